The van der Waals surface area contributed by atoms with E-state index in [1.165, 1.54) is 0 Å². The molecule has 0 aliphatic heterocycles. The van der Waals surface area contributed by atoms with Gasteiger partial charge in [-0.25, -0.2) is 0 Å². The highest BCUT2D eigenvalue weighted by atomic mass is 79.9. The molecule has 2 rings (SSSR count). The third-order valence-electron chi connectivity index (χ3n) is 2.18. The third-order valence-corrected chi connectivity index (χ3v) is 2.81. The predicted octanol–water partition coefficient (Wildman–Crippen LogP) is 1.97. The van der Waals surface area contributed by atoms with Gasteiger partial charge in [0.05, 0.1) is 11.0 Å². The normalized spacial score (nSPS) is 10.7. The van der Waals surface area contributed by atoms with E-state index in [0.29, 0.717) is 16.2 Å². The monoisotopic (exact) mass is 283 g/mol. The molecule has 3 N–H and O–H groups in total. The highest BCUT2D eigenvalue weighted by Gasteiger charge is 2.12. The number of nitrogens with two attached hydrogens (primary N) is 1. The van der Waals surface area contributed by atoms with Crippen LogP contribution >= 0.6 is 15.9 Å². The number of aromatic nitrogens is 2. The molecule has 0 unspecified atom stereocenters. The molecule has 1 aromatic carbocycles. The van der Waals surface area contributed by atoms with Gasteiger partial charge in [0.15, 0.2) is 0 Å². The molecule has 84 valence electrons. The number of benzene rings is 1. The van der Waals surface area contributed by atoms with Crippen LogP contribution in [0.25, 0.3) is 11.4 Å². The van der Waals surface area contributed by atoms with E-state index < -0.39 is 0 Å². The molecule has 0 bridgehead atoms. The first-order valence-electron chi connectivity index (χ1n) is 4.64. The van der Waals surface area contributed by atoms with Crippen LogP contribution in [0.2, 0.25) is 0 Å². The molecule has 1 heterocycles. The van der Waals surface area contributed by atoms with E-state index >= 15 is 0 Å². The lowest BCUT2D eigenvalue weighted by atomic mass is 10.1. The Balaban J connectivity index is 2.51. The molecule has 5 nitrogen and oxygen atoms in total. The van der Waals surface area contributed by atoms with E-state index in [-0.39, 0.29) is 12.3 Å². The van der Waals surface area contributed by atoms with Crippen molar-refractivity contribution < 1.29 is 9.63 Å². The van der Waals surface area contributed by atoms with Crippen molar-refractivity contribution in [1.82, 2.24) is 10.1 Å². The van der Waals surface area contributed by atoms with Crippen LogP contribution in [0.5, 0.6) is 5.75 Å². The lowest BCUT2D eigenvalue weighted by Crippen LogP contribution is -1.95. The SMILES string of the molecule is Cc1cc(O)c(Br)cc1-c1noc(CN)n1. The van der Waals surface area contributed by atoms with Gasteiger partial charge in [-0.2, -0.15) is 4.98 Å². The summed E-state index contributed by atoms with van der Waals surface area (Å²) in [5, 5.41) is 13.3. The Kier molecular flexibility index (Phi) is 2.93. The van der Waals surface area contributed by atoms with Gasteiger partial charge >= 0.3 is 0 Å². The third kappa shape index (κ3) is 1.94. The second-order valence-electron chi connectivity index (χ2n) is 3.33. The number of aryl methyl sites for hydroxylation is 1. The fourth-order valence-corrected chi connectivity index (χ4v) is 1.70. The zero-order valence-electron chi connectivity index (χ0n) is 8.57. The molecular weight excluding hydrogens is 274 g/mol. The summed E-state index contributed by atoms with van der Waals surface area (Å²) in [6.45, 7) is 2.07. The lowest BCUT2D eigenvalue weighted by molar-refractivity contribution is 0.380. The van der Waals surface area contributed by atoms with Gasteiger partial charge in [-0.15, -0.1) is 0 Å². The zero-order valence-corrected chi connectivity index (χ0v) is 10.2. The summed E-state index contributed by atoms with van der Waals surface area (Å²) in [7, 11) is 0. The molecule has 0 amide bonds. The molecule has 0 atom stereocenters. The molecular formula is C10H10BrN3O2. The van der Waals surface area contributed by atoms with Crippen molar-refractivity contribution in [2.75, 3.05) is 0 Å². The van der Waals surface area contributed by atoms with Gasteiger partial charge in [0.1, 0.15) is 5.75 Å². The van der Waals surface area contributed by atoms with Gasteiger partial charge in [0.25, 0.3) is 0 Å². The molecule has 0 aliphatic carbocycles. The van der Waals surface area contributed by atoms with Gasteiger partial charge in [0.2, 0.25) is 11.7 Å². The summed E-state index contributed by atoms with van der Waals surface area (Å²) < 4.78 is 5.52. The van der Waals surface area contributed by atoms with Gasteiger partial charge in [-0.05, 0) is 40.5 Å². The van der Waals surface area contributed by atoms with Crippen molar-refractivity contribution in [3.63, 3.8) is 0 Å². The predicted molar refractivity (Wildman–Crippen MR) is 61.7 cm³/mol. The fourth-order valence-electron chi connectivity index (χ4n) is 1.35. The highest BCUT2D eigenvalue weighted by molar-refractivity contribution is 9.10. The Bertz CT molecular complexity index is 525. The molecule has 0 aliphatic rings. The van der Waals surface area contributed by atoms with Gasteiger partial charge in [-0.3, -0.25) is 0 Å². The van der Waals surface area contributed by atoms with E-state index in [1.54, 1.807) is 12.1 Å². The van der Waals surface area contributed by atoms with Gasteiger partial charge < -0.3 is 15.4 Å². The summed E-state index contributed by atoms with van der Waals surface area (Å²) in [5.41, 5.74) is 7.05. The van der Waals surface area contributed by atoms with Crippen molar-refractivity contribution in [1.29, 1.82) is 0 Å². The fraction of sp³-hybridized carbons (Fsp3) is 0.200. The average molecular weight is 284 g/mol. The number of halogens is 1. The molecule has 2 aromatic rings. The molecule has 16 heavy (non-hydrogen) atoms. The first-order valence-corrected chi connectivity index (χ1v) is 5.43. The van der Waals surface area contributed by atoms with Gasteiger partial charge in [-0.1, -0.05) is 5.16 Å². The maximum absolute atomic E-state index is 9.49. The van der Waals surface area contributed by atoms with Crippen molar-refractivity contribution >= 4 is 15.9 Å². The molecule has 0 saturated carbocycles. The van der Waals surface area contributed by atoms with Crippen LogP contribution in [0, 0.1) is 6.92 Å². The van der Waals surface area contributed by atoms with Crippen LogP contribution in [-0.2, 0) is 6.54 Å². The van der Waals surface area contributed by atoms with Crippen LogP contribution < -0.4 is 5.73 Å². The standard InChI is InChI=1S/C10H10BrN3O2/c1-5-2-8(15)7(11)3-6(5)10-13-9(4-12)16-14-10/h2-3,15H,4,12H2,1H3. The van der Waals surface area contributed by atoms with Gasteiger partial charge in [0, 0.05) is 5.56 Å². The highest BCUT2D eigenvalue weighted by Crippen LogP contribution is 2.31. The largest absolute Gasteiger partial charge is 0.507 e. The summed E-state index contributed by atoms with van der Waals surface area (Å²) in [5.74, 6) is 1.04. The number of nitrogens with zero attached hydrogens (tertiary/aromatic N) is 2. The number of rotatable bonds is 2. The van der Waals surface area contributed by atoms with E-state index in [2.05, 4.69) is 26.1 Å². The molecule has 0 fully saturated rings. The van der Waals surface area contributed by atoms with Crippen molar-refractivity contribution in [3.05, 3.63) is 28.1 Å². The second-order valence-corrected chi connectivity index (χ2v) is 4.19. The Morgan fingerprint density at radius 1 is 1.50 bits per heavy atom. The smallest absolute Gasteiger partial charge is 0.240 e. The van der Waals surface area contributed by atoms with Crippen LogP contribution in [0.1, 0.15) is 11.5 Å². The quantitative estimate of drug-likeness (QED) is 0.880. The number of aromatic hydroxyl groups is 1. The van der Waals surface area contributed by atoms with Crippen LogP contribution in [0.15, 0.2) is 21.1 Å². The second kappa shape index (κ2) is 4.23. The Morgan fingerprint density at radius 2 is 2.25 bits per heavy atom. The number of phenols is 1. The maximum Gasteiger partial charge on any atom is 0.240 e. The minimum absolute atomic E-state index is 0.184. The van der Waals surface area contributed by atoms with E-state index in [4.69, 9.17) is 10.3 Å². The van der Waals surface area contributed by atoms with Crippen molar-refractivity contribution in [2.24, 2.45) is 5.73 Å². The molecule has 0 saturated heterocycles. The number of hydrogen-bond acceptors (Lipinski definition) is 5. The van der Waals surface area contributed by atoms with E-state index in [1.807, 2.05) is 6.92 Å². The summed E-state index contributed by atoms with van der Waals surface area (Å²) in [6, 6.07) is 3.38. The van der Waals surface area contributed by atoms with Crippen LogP contribution in [-0.4, -0.2) is 15.2 Å². The minimum atomic E-state index is 0.184. The molecule has 0 spiro atoms. The topological polar surface area (TPSA) is 85.2 Å². The molecule has 1 aromatic heterocycles. The Morgan fingerprint density at radius 3 is 2.88 bits per heavy atom. The molecule has 6 heteroatoms. The Hall–Kier alpha value is -1.40. The first-order chi connectivity index (χ1) is 7.61. The zero-order chi connectivity index (χ0) is 11.7. The number of phenolic OH excluding ortho intramolecular Hbond substituents is 1. The summed E-state index contributed by atoms with van der Waals surface area (Å²) in [6.07, 6.45) is 0. The summed E-state index contributed by atoms with van der Waals surface area (Å²) >= 11 is 3.24. The van der Waals surface area contributed by atoms with E-state index in [9.17, 15) is 5.11 Å². The van der Waals surface area contributed by atoms with E-state index in [0.717, 1.165) is 11.1 Å². The average Bonchev–Trinajstić information content (AvgIpc) is 2.71. The van der Waals surface area contributed by atoms with Crippen LogP contribution in [0.3, 0.4) is 0 Å². The van der Waals surface area contributed by atoms with Crippen molar-refractivity contribution in [2.45, 2.75) is 13.5 Å². The van der Waals surface area contributed by atoms with Crippen LogP contribution in [0.4, 0.5) is 0 Å². The Labute approximate surface area is 100 Å². The number of hydrogen-bond donors (Lipinski definition) is 2. The minimum Gasteiger partial charge on any atom is -0.507 e. The maximum atomic E-state index is 9.49. The molecule has 0 radical (unpaired) electrons. The summed E-state index contributed by atoms with van der Waals surface area (Å²) in [4.78, 5) is 4.13. The van der Waals surface area contributed by atoms with Crippen molar-refractivity contribution in [3.8, 4) is 17.1 Å². The first kappa shape index (κ1) is 11.1. The lowest BCUT2D eigenvalue weighted by Gasteiger charge is -2.03.